The van der Waals surface area contributed by atoms with Gasteiger partial charge < -0.3 is 4.90 Å². The highest BCUT2D eigenvalue weighted by Gasteiger charge is 2.32. The van der Waals surface area contributed by atoms with Crippen molar-refractivity contribution in [3.05, 3.63) is 123 Å². The Morgan fingerprint density at radius 2 is 1.81 bits per heavy atom. The molecule has 6 nitrogen and oxygen atoms in total. The van der Waals surface area contributed by atoms with Crippen LogP contribution >= 0.6 is 0 Å². The number of carbonyl (C=O) groups is 1. The Morgan fingerprint density at radius 3 is 2.48 bits per heavy atom. The summed E-state index contributed by atoms with van der Waals surface area (Å²) in [6.45, 7) is 3.87. The first-order chi connectivity index (χ1) is 15.0. The number of nitrogens with zero attached hydrogens (tertiary/aromatic N) is 3. The second-order valence-corrected chi connectivity index (χ2v) is 7.38. The lowest BCUT2D eigenvalue weighted by Gasteiger charge is -2.35. The number of allylic oxidation sites excluding steroid dienone is 4. The molecule has 31 heavy (non-hydrogen) atoms. The van der Waals surface area contributed by atoms with Crippen molar-refractivity contribution in [2.75, 3.05) is 4.90 Å². The van der Waals surface area contributed by atoms with Gasteiger partial charge in [-0.15, -0.1) is 0 Å². The van der Waals surface area contributed by atoms with E-state index in [9.17, 15) is 14.9 Å². The number of benzene rings is 2. The Bertz CT molecular complexity index is 1200. The van der Waals surface area contributed by atoms with E-state index in [1.165, 1.54) is 6.07 Å². The molecule has 1 aliphatic rings. The fourth-order valence-electron chi connectivity index (χ4n) is 4.04. The maximum atomic E-state index is 13.6. The van der Waals surface area contributed by atoms with Crippen molar-refractivity contribution in [1.29, 1.82) is 0 Å². The Kier molecular flexibility index (Phi) is 5.45. The van der Waals surface area contributed by atoms with Crippen LogP contribution in [0.2, 0.25) is 0 Å². The number of ketones is 1. The average molecular weight is 411 g/mol. The van der Waals surface area contributed by atoms with E-state index < -0.39 is 10.8 Å². The number of pyridine rings is 1. The largest absolute Gasteiger partial charge is 0.317 e. The van der Waals surface area contributed by atoms with Gasteiger partial charge in [0.2, 0.25) is 0 Å². The average Bonchev–Trinajstić information content (AvgIpc) is 2.79. The Morgan fingerprint density at radius 1 is 1.03 bits per heavy atom. The number of carbonyl (C=O) groups excluding carboxylic acids is 1. The Labute approximate surface area is 180 Å². The second-order valence-electron chi connectivity index (χ2n) is 7.38. The van der Waals surface area contributed by atoms with Gasteiger partial charge in [0.15, 0.2) is 5.78 Å². The molecule has 0 radical (unpaired) electrons. The minimum Gasteiger partial charge on any atom is -0.317 e. The smallest absolute Gasteiger partial charge is 0.269 e. The van der Waals surface area contributed by atoms with E-state index in [2.05, 4.69) is 4.98 Å². The van der Waals surface area contributed by atoms with Crippen LogP contribution in [0.25, 0.3) is 0 Å². The zero-order valence-electron chi connectivity index (χ0n) is 17.2. The van der Waals surface area contributed by atoms with E-state index >= 15 is 0 Å². The van der Waals surface area contributed by atoms with Crippen LogP contribution in [0.1, 0.15) is 35.7 Å². The molecule has 1 atom stereocenters. The van der Waals surface area contributed by atoms with Crippen LogP contribution in [0.4, 0.5) is 11.4 Å². The van der Waals surface area contributed by atoms with Crippen LogP contribution in [-0.2, 0) is 0 Å². The summed E-state index contributed by atoms with van der Waals surface area (Å²) in [7, 11) is 0. The Hall–Kier alpha value is -4.06. The van der Waals surface area contributed by atoms with E-state index in [0.29, 0.717) is 16.7 Å². The quantitative estimate of drug-likeness (QED) is 0.308. The molecule has 1 aliphatic heterocycles. The van der Waals surface area contributed by atoms with Crippen LogP contribution < -0.4 is 4.90 Å². The van der Waals surface area contributed by atoms with Gasteiger partial charge in [-0.25, -0.2) is 0 Å². The van der Waals surface area contributed by atoms with E-state index in [1.54, 1.807) is 36.7 Å². The van der Waals surface area contributed by atoms with Gasteiger partial charge in [0.1, 0.15) is 0 Å². The molecule has 0 amide bonds. The lowest BCUT2D eigenvalue weighted by Crippen LogP contribution is -2.29. The second kappa shape index (κ2) is 8.36. The molecule has 0 saturated carbocycles. The van der Waals surface area contributed by atoms with Gasteiger partial charge in [-0.05, 0) is 31.5 Å². The Balaban J connectivity index is 1.90. The normalized spacial score (nSPS) is 16.1. The summed E-state index contributed by atoms with van der Waals surface area (Å²) in [6, 6.07) is 19.4. The fourth-order valence-corrected chi connectivity index (χ4v) is 4.04. The summed E-state index contributed by atoms with van der Waals surface area (Å²) in [6.07, 6.45) is 5.43. The summed E-state index contributed by atoms with van der Waals surface area (Å²) in [5.41, 5.74) is 4.42. The van der Waals surface area contributed by atoms with Crippen molar-refractivity contribution in [2.45, 2.75) is 19.8 Å². The molecule has 6 heteroatoms. The molecule has 0 spiro atoms. The van der Waals surface area contributed by atoms with E-state index in [0.717, 1.165) is 17.1 Å². The summed E-state index contributed by atoms with van der Waals surface area (Å²) in [5.74, 6) is -0.507. The van der Waals surface area contributed by atoms with Crippen LogP contribution in [0.15, 0.2) is 102 Å². The number of hydrogen-bond acceptors (Lipinski definition) is 5. The number of rotatable bonds is 5. The van der Waals surface area contributed by atoms with Crippen molar-refractivity contribution in [3.8, 4) is 0 Å². The maximum Gasteiger partial charge on any atom is 0.269 e. The van der Waals surface area contributed by atoms with Crippen LogP contribution in [0.5, 0.6) is 0 Å². The third-order valence-electron chi connectivity index (χ3n) is 5.42. The molecule has 2 heterocycles. The summed E-state index contributed by atoms with van der Waals surface area (Å²) >= 11 is 0. The SMILES string of the molecule is CC1=CC(c2cccc([N+](=O)[O-])c2)C(C(=O)c2ccccc2)=C(C)N1c1cccnc1. The molecular formula is C25H21N3O3. The van der Waals surface area contributed by atoms with Gasteiger partial charge in [0.25, 0.3) is 5.69 Å². The third kappa shape index (κ3) is 3.88. The van der Waals surface area contributed by atoms with Gasteiger partial charge in [0, 0.05) is 46.8 Å². The molecule has 0 fully saturated rings. The van der Waals surface area contributed by atoms with Crippen LogP contribution in [0.3, 0.4) is 0 Å². The number of hydrogen-bond donors (Lipinski definition) is 0. The molecule has 0 aliphatic carbocycles. The predicted molar refractivity (Wildman–Crippen MR) is 120 cm³/mol. The van der Waals surface area contributed by atoms with Gasteiger partial charge in [-0.1, -0.05) is 48.5 Å². The number of aromatic nitrogens is 1. The fraction of sp³-hybridized carbons (Fsp3) is 0.120. The standard InChI is InChI=1S/C25H21N3O3/c1-17-14-23(20-10-6-11-21(15-20)28(30)31)24(25(29)19-8-4-3-5-9-19)18(2)27(17)22-12-7-13-26-16-22/h3-16,23H,1-2H3. The highest BCUT2D eigenvalue weighted by Crippen LogP contribution is 2.40. The molecule has 2 aromatic carbocycles. The molecule has 3 aromatic rings. The molecule has 0 N–H and O–H groups in total. The topological polar surface area (TPSA) is 76.3 Å². The summed E-state index contributed by atoms with van der Waals surface area (Å²) in [5, 5.41) is 11.3. The first kappa shape index (κ1) is 20.2. The van der Waals surface area contributed by atoms with Crippen molar-refractivity contribution in [1.82, 2.24) is 4.98 Å². The zero-order valence-corrected chi connectivity index (χ0v) is 17.2. The third-order valence-corrected chi connectivity index (χ3v) is 5.42. The molecule has 1 aromatic heterocycles. The highest BCUT2D eigenvalue weighted by molar-refractivity contribution is 6.11. The number of nitro benzene ring substituents is 1. The van der Waals surface area contributed by atoms with Gasteiger partial charge in [-0.2, -0.15) is 0 Å². The zero-order chi connectivity index (χ0) is 22.0. The van der Waals surface area contributed by atoms with E-state index in [1.807, 2.05) is 61.2 Å². The summed E-state index contributed by atoms with van der Waals surface area (Å²) < 4.78 is 0. The number of non-ortho nitro benzene ring substituents is 1. The molecule has 0 bridgehead atoms. The van der Waals surface area contributed by atoms with Crippen molar-refractivity contribution in [3.63, 3.8) is 0 Å². The number of Topliss-reactive ketones (excluding diaryl/α,β-unsaturated/α-hetero) is 1. The summed E-state index contributed by atoms with van der Waals surface area (Å²) in [4.78, 5) is 30.8. The first-order valence-electron chi connectivity index (χ1n) is 9.91. The van der Waals surface area contributed by atoms with E-state index in [-0.39, 0.29) is 11.5 Å². The van der Waals surface area contributed by atoms with Gasteiger partial charge in [-0.3, -0.25) is 19.9 Å². The monoisotopic (exact) mass is 411 g/mol. The minimum absolute atomic E-state index is 0.00223. The van der Waals surface area contributed by atoms with Gasteiger partial charge in [0.05, 0.1) is 16.8 Å². The van der Waals surface area contributed by atoms with Gasteiger partial charge >= 0.3 is 0 Å². The number of anilines is 1. The van der Waals surface area contributed by atoms with Crippen molar-refractivity contribution >= 4 is 17.2 Å². The molecular weight excluding hydrogens is 390 g/mol. The maximum absolute atomic E-state index is 13.6. The lowest BCUT2D eigenvalue weighted by atomic mass is 9.82. The lowest BCUT2D eigenvalue weighted by molar-refractivity contribution is -0.384. The molecule has 0 saturated heterocycles. The number of nitro groups is 1. The van der Waals surface area contributed by atoms with E-state index in [4.69, 9.17) is 0 Å². The van der Waals surface area contributed by atoms with Crippen LogP contribution in [-0.4, -0.2) is 15.7 Å². The highest BCUT2D eigenvalue weighted by atomic mass is 16.6. The van der Waals surface area contributed by atoms with Crippen molar-refractivity contribution < 1.29 is 9.72 Å². The van der Waals surface area contributed by atoms with Crippen molar-refractivity contribution in [2.24, 2.45) is 0 Å². The minimum atomic E-state index is -0.417. The van der Waals surface area contributed by atoms with Crippen LogP contribution in [0, 0.1) is 10.1 Å². The molecule has 4 rings (SSSR count). The molecule has 154 valence electrons. The predicted octanol–water partition coefficient (Wildman–Crippen LogP) is 5.65. The first-order valence-corrected chi connectivity index (χ1v) is 9.91. The molecule has 1 unspecified atom stereocenters.